The van der Waals surface area contributed by atoms with E-state index in [-0.39, 0.29) is 0 Å². The minimum absolute atomic E-state index is 0.578. The number of thiazole rings is 1. The summed E-state index contributed by atoms with van der Waals surface area (Å²) in [6.07, 6.45) is 5.40. The molecule has 74 valence electrons. The normalized spacial score (nSPS) is 10.9. The van der Waals surface area contributed by atoms with Gasteiger partial charge in [-0.05, 0) is 12.1 Å². The van der Waals surface area contributed by atoms with Gasteiger partial charge in [0.15, 0.2) is 10.8 Å². The third kappa shape index (κ3) is 1.35. The van der Waals surface area contributed by atoms with Crippen LogP contribution in [0, 0.1) is 0 Å². The lowest BCUT2D eigenvalue weighted by Gasteiger charge is -1.96. The van der Waals surface area contributed by atoms with Crippen molar-refractivity contribution < 1.29 is 0 Å². The number of fused-ring (bicyclic) bond motifs is 1. The lowest BCUT2D eigenvalue weighted by atomic mass is 10.2. The predicted octanol–water partition coefficient (Wildman–Crippen LogP) is 1.43. The molecule has 0 amide bonds. The Morgan fingerprint density at radius 2 is 2.27 bits per heavy atom. The van der Waals surface area contributed by atoms with E-state index in [0.29, 0.717) is 5.13 Å². The largest absolute Gasteiger partial charge is 0.375 e. The van der Waals surface area contributed by atoms with E-state index < -0.39 is 0 Å². The van der Waals surface area contributed by atoms with Crippen LogP contribution in [-0.2, 0) is 0 Å². The summed E-state index contributed by atoms with van der Waals surface area (Å²) in [6, 6.07) is 3.90. The Hall–Kier alpha value is -1.95. The minimum Gasteiger partial charge on any atom is -0.375 e. The Kier molecular flexibility index (Phi) is 1.69. The summed E-state index contributed by atoms with van der Waals surface area (Å²) in [4.78, 5) is 5.06. The Morgan fingerprint density at radius 1 is 1.33 bits per heavy atom. The fraction of sp³-hybridized carbons (Fsp3) is 0. The molecule has 0 fully saturated rings. The zero-order chi connectivity index (χ0) is 10.3. The molecular weight excluding hydrogens is 210 g/mol. The van der Waals surface area contributed by atoms with Gasteiger partial charge in [0.2, 0.25) is 0 Å². The molecule has 0 bridgehead atoms. The first-order valence-electron chi connectivity index (χ1n) is 4.34. The van der Waals surface area contributed by atoms with Crippen molar-refractivity contribution in [2.75, 3.05) is 5.73 Å². The Balaban J connectivity index is 2.18. The van der Waals surface area contributed by atoms with Gasteiger partial charge in [0.25, 0.3) is 0 Å². The van der Waals surface area contributed by atoms with Crippen molar-refractivity contribution in [3.8, 4) is 10.4 Å². The minimum atomic E-state index is 0.578. The summed E-state index contributed by atoms with van der Waals surface area (Å²) in [6.45, 7) is 0. The first kappa shape index (κ1) is 8.37. The highest BCUT2D eigenvalue weighted by Gasteiger charge is 2.03. The number of aromatic nitrogens is 4. The van der Waals surface area contributed by atoms with Crippen molar-refractivity contribution in [3.05, 3.63) is 30.9 Å². The predicted molar refractivity (Wildman–Crippen MR) is 58.5 cm³/mol. The topological polar surface area (TPSA) is 69.1 Å². The Morgan fingerprint density at radius 3 is 3.07 bits per heavy atom. The van der Waals surface area contributed by atoms with Gasteiger partial charge in [-0.15, -0.1) is 10.2 Å². The van der Waals surface area contributed by atoms with E-state index in [1.807, 2.05) is 22.7 Å². The van der Waals surface area contributed by atoms with Crippen LogP contribution in [0.25, 0.3) is 16.1 Å². The van der Waals surface area contributed by atoms with Crippen molar-refractivity contribution >= 4 is 22.1 Å². The second-order valence-electron chi connectivity index (χ2n) is 3.08. The summed E-state index contributed by atoms with van der Waals surface area (Å²) in [5, 5.41) is 8.33. The number of anilines is 1. The highest BCUT2D eigenvalue weighted by molar-refractivity contribution is 7.18. The molecule has 5 nitrogen and oxygen atoms in total. The quantitative estimate of drug-likeness (QED) is 0.669. The summed E-state index contributed by atoms with van der Waals surface area (Å²) >= 11 is 1.46. The molecule has 0 aliphatic rings. The molecule has 3 rings (SSSR count). The molecule has 0 radical (unpaired) electrons. The molecule has 15 heavy (non-hydrogen) atoms. The number of hydrogen-bond acceptors (Lipinski definition) is 5. The van der Waals surface area contributed by atoms with Gasteiger partial charge in [0, 0.05) is 18.0 Å². The zero-order valence-corrected chi connectivity index (χ0v) is 8.48. The van der Waals surface area contributed by atoms with Gasteiger partial charge in [-0.2, -0.15) is 0 Å². The highest BCUT2D eigenvalue weighted by atomic mass is 32.1. The summed E-state index contributed by atoms with van der Waals surface area (Å²) in [5.41, 5.74) is 7.48. The molecule has 3 aromatic rings. The molecular formula is C9H7N5S. The van der Waals surface area contributed by atoms with Crippen LogP contribution in [0.5, 0.6) is 0 Å². The van der Waals surface area contributed by atoms with Crippen LogP contribution in [0.3, 0.4) is 0 Å². The maximum atomic E-state index is 5.58. The van der Waals surface area contributed by atoms with Gasteiger partial charge < -0.3 is 5.73 Å². The molecule has 0 spiro atoms. The van der Waals surface area contributed by atoms with Gasteiger partial charge in [-0.3, -0.25) is 4.40 Å². The van der Waals surface area contributed by atoms with Crippen LogP contribution < -0.4 is 5.73 Å². The summed E-state index contributed by atoms with van der Waals surface area (Å²) in [5.74, 6) is 0. The lowest BCUT2D eigenvalue weighted by Crippen LogP contribution is -1.83. The van der Waals surface area contributed by atoms with E-state index in [1.54, 1.807) is 12.5 Å². The zero-order valence-electron chi connectivity index (χ0n) is 7.66. The summed E-state index contributed by atoms with van der Waals surface area (Å²) < 4.78 is 1.87. The average Bonchev–Trinajstić information content (AvgIpc) is 2.84. The number of hydrogen-bond donors (Lipinski definition) is 1. The van der Waals surface area contributed by atoms with E-state index >= 15 is 0 Å². The molecule has 0 aliphatic carbocycles. The first-order chi connectivity index (χ1) is 7.33. The second kappa shape index (κ2) is 3.03. The highest BCUT2D eigenvalue weighted by Crippen LogP contribution is 2.26. The van der Waals surface area contributed by atoms with Gasteiger partial charge in [0.1, 0.15) is 6.33 Å². The number of rotatable bonds is 1. The van der Waals surface area contributed by atoms with Crippen LogP contribution in [-0.4, -0.2) is 19.6 Å². The second-order valence-corrected chi connectivity index (χ2v) is 4.14. The molecule has 3 aromatic heterocycles. The molecule has 6 heteroatoms. The molecule has 0 unspecified atom stereocenters. The summed E-state index contributed by atoms with van der Waals surface area (Å²) in [7, 11) is 0. The third-order valence-electron chi connectivity index (χ3n) is 2.10. The van der Waals surface area contributed by atoms with Gasteiger partial charge in [-0.1, -0.05) is 11.3 Å². The number of nitrogens with two attached hydrogens (primary N) is 1. The molecule has 0 saturated heterocycles. The molecule has 0 aliphatic heterocycles. The molecule has 0 aromatic carbocycles. The van der Waals surface area contributed by atoms with E-state index in [9.17, 15) is 0 Å². The van der Waals surface area contributed by atoms with E-state index in [4.69, 9.17) is 5.73 Å². The number of nitrogen functional groups attached to an aromatic ring is 1. The van der Waals surface area contributed by atoms with Gasteiger partial charge in [0.05, 0.1) is 4.88 Å². The Bertz CT molecular complexity index is 612. The van der Waals surface area contributed by atoms with Crippen LogP contribution in [0.2, 0.25) is 0 Å². The van der Waals surface area contributed by atoms with Crippen LogP contribution in [0.1, 0.15) is 0 Å². The average molecular weight is 217 g/mol. The molecule has 0 atom stereocenters. The Labute approximate surface area is 89.2 Å². The smallest absolute Gasteiger partial charge is 0.180 e. The number of nitrogens with zero attached hydrogens (tertiary/aromatic N) is 4. The SMILES string of the molecule is Nc1ncc(-c2ccc3nncn3c2)s1. The van der Waals surface area contributed by atoms with E-state index in [1.165, 1.54) is 11.3 Å². The van der Waals surface area contributed by atoms with E-state index in [0.717, 1.165) is 16.1 Å². The standard InChI is InChI=1S/C9H7N5S/c10-9-11-3-7(15-9)6-1-2-8-13-12-5-14(8)4-6/h1-5H,(H2,10,11). The van der Waals surface area contributed by atoms with Gasteiger partial charge in [-0.25, -0.2) is 4.98 Å². The van der Waals surface area contributed by atoms with Crippen molar-refractivity contribution in [3.63, 3.8) is 0 Å². The monoisotopic (exact) mass is 217 g/mol. The molecule has 3 heterocycles. The fourth-order valence-electron chi connectivity index (χ4n) is 1.39. The maximum absolute atomic E-state index is 5.58. The maximum Gasteiger partial charge on any atom is 0.180 e. The molecule has 2 N–H and O–H groups in total. The molecule has 0 saturated carbocycles. The number of pyridine rings is 1. The van der Waals surface area contributed by atoms with Crippen molar-refractivity contribution in [1.29, 1.82) is 0 Å². The fourth-order valence-corrected chi connectivity index (χ4v) is 2.07. The van der Waals surface area contributed by atoms with Crippen molar-refractivity contribution in [1.82, 2.24) is 19.6 Å². The van der Waals surface area contributed by atoms with E-state index in [2.05, 4.69) is 15.2 Å². The van der Waals surface area contributed by atoms with Crippen molar-refractivity contribution in [2.45, 2.75) is 0 Å². The van der Waals surface area contributed by atoms with Crippen LogP contribution in [0.4, 0.5) is 5.13 Å². The van der Waals surface area contributed by atoms with Crippen molar-refractivity contribution in [2.24, 2.45) is 0 Å². The van der Waals surface area contributed by atoms with Crippen LogP contribution in [0.15, 0.2) is 30.9 Å². The van der Waals surface area contributed by atoms with Crippen LogP contribution >= 0.6 is 11.3 Å². The first-order valence-corrected chi connectivity index (χ1v) is 5.16. The lowest BCUT2D eigenvalue weighted by molar-refractivity contribution is 1.10. The third-order valence-corrected chi connectivity index (χ3v) is 2.97. The van der Waals surface area contributed by atoms with Gasteiger partial charge >= 0.3 is 0 Å².